The fraction of sp³-hybridized carbons (Fsp3) is 0.364. The highest BCUT2D eigenvalue weighted by Gasteiger charge is 2.13. The van der Waals surface area contributed by atoms with Crippen LogP contribution in [-0.4, -0.2) is 16.0 Å². The zero-order valence-corrected chi connectivity index (χ0v) is 12.2. The lowest BCUT2D eigenvalue weighted by Gasteiger charge is -2.02. The highest BCUT2D eigenvalue weighted by molar-refractivity contribution is 7.09. The minimum absolute atomic E-state index is 0. The quantitative estimate of drug-likeness (QED) is 0.894. The Balaban J connectivity index is 0.00000180. The summed E-state index contributed by atoms with van der Waals surface area (Å²) in [6, 6.07) is 0. The number of nitrogens with one attached hydrogen (secondary N) is 1. The maximum absolute atomic E-state index is 11.8. The Labute approximate surface area is 120 Å². The van der Waals surface area contributed by atoms with E-state index in [1.807, 2.05) is 13.8 Å². The molecule has 2 aromatic rings. The van der Waals surface area contributed by atoms with Gasteiger partial charge in [-0.05, 0) is 13.8 Å². The van der Waals surface area contributed by atoms with Crippen LogP contribution >= 0.6 is 23.7 Å². The molecule has 0 radical (unpaired) electrons. The molecule has 104 valence electrons. The third-order valence-electron chi connectivity index (χ3n) is 2.57. The molecular weight excluding hydrogens is 288 g/mol. The fourth-order valence-electron chi connectivity index (χ4n) is 1.52. The number of amides is 1. The molecule has 0 aliphatic carbocycles. The van der Waals surface area contributed by atoms with Gasteiger partial charge < -0.3 is 15.6 Å². The molecule has 2 aromatic heterocycles. The highest BCUT2D eigenvalue weighted by atomic mass is 35.5. The average molecular weight is 303 g/mol. The molecule has 3 N–H and O–H groups in total. The fourth-order valence-corrected chi connectivity index (χ4v) is 2.18. The van der Waals surface area contributed by atoms with Gasteiger partial charge in [0, 0.05) is 24.0 Å². The number of nitrogens with zero attached hydrogens (tertiary/aromatic N) is 2. The first-order valence-corrected chi connectivity index (χ1v) is 6.34. The van der Waals surface area contributed by atoms with Crippen LogP contribution in [0.25, 0.3) is 0 Å². The number of hydrogen-bond donors (Lipinski definition) is 2. The van der Waals surface area contributed by atoms with E-state index >= 15 is 0 Å². The molecule has 0 aromatic carbocycles. The van der Waals surface area contributed by atoms with E-state index in [2.05, 4.69) is 15.5 Å². The second-order valence-corrected chi connectivity index (χ2v) is 4.76. The van der Waals surface area contributed by atoms with Crippen molar-refractivity contribution < 1.29 is 9.32 Å². The largest absolute Gasteiger partial charge is 0.361 e. The summed E-state index contributed by atoms with van der Waals surface area (Å²) in [7, 11) is 0. The predicted molar refractivity (Wildman–Crippen MR) is 74.4 cm³/mol. The van der Waals surface area contributed by atoms with Gasteiger partial charge in [-0.1, -0.05) is 5.16 Å². The Hall–Kier alpha value is -1.44. The van der Waals surface area contributed by atoms with Gasteiger partial charge in [-0.25, -0.2) is 4.98 Å². The molecule has 19 heavy (non-hydrogen) atoms. The van der Waals surface area contributed by atoms with Crippen molar-refractivity contribution in [2.45, 2.75) is 26.9 Å². The van der Waals surface area contributed by atoms with Crippen molar-refractivity contribution >= 4 is 29.7 Å². The number of halogens is 1. The number of rotatable bonds is 4. The summed E-state index contributed by atoms with van der Waals surface area (Å²) < 4.78 is 5.02. The van der Waals surface area contributed by atoms with E-state index < -0.39 is 0 Å². The van der Waals surface area contributed by atoms with Crippen LogP contribution < -0.4 is 11.1 Å². The van der Waals surface area contributed by atoms with Crippen LogP contribution in [0.1, 0.15) is 32.5 Å². The first-order chi connectivity index (χ1) is 8.61. The molecule has 1 amide bonds. The Morgan fingerprint density at radius 3 is 2.79 bits per heavy atom. The van der Waals surface area contributed by atoms with Crippen LogP contribution in [0.3, 0.4) is 0 Å². The number of hydrogen-bond acceptors (Lipinski definition) is 6. The minimum Gasteiger partial charge on any atom is -0.361 e. The number of carbonyl (C=O) groups is 1. The van der Waals surface area contributed by atoms with E-state index in [1.165, 1.54) is 11.3 Å². The molecule has 0 aliphatic rings. The number of aryl methyl sites for hydroxylation is 2. The van der Waals surface area contributed by atoms with Gasteiger partial charge >= 0.3 is 0 Å². The van der Waals surface area contributed by atoms with Gasteiger partial charge in [0.1, 0.15) is 16.5 Å². The van der Waals surface area contributed by atoms with E-state index in [-0.39, 0.29) is 18.3 Å². The molecule has 8 heteroatoms. The summed E-state index contributed by atoms with van der Waals surface area (Å²) in [4.78, 5) is 15.9. The first kappa shape index (κ1) is 15.6. The number of aromatic nitrogens is 2. The normalized spacial score (nSPS) is 10.1. The van der Waals surface area contributed by atoms with Gasteiger partial charge in [0.25, 0.3) is 5.91 Å². The summed E-state index contributed by atoms with van der Waals surface area (Å²) >= 11 is 1.38. The second kappa shape index (κ2) is 6.65. The molecule has 0 fully saturated rings. The van der Waals surface area contributed by atoms with E-state index in [0.717, 1.165) is 16.3 Å². The van der Waals surface area contributed by atoms with Gasteiger partial charge in [-0.2, -0.15) is 0 Å². The molecule has 2 heterocycles. The van der Waals surface area contributed by atoms with Crippen molar-refractivity contribution in [3.05, 3.63) is 33.1 Å². The van der Waals surface area contributed by atoms with Crippen LogP contribution in [-0.2, 0) is 13.1 Å². The molecule has 0 unspecified atom stereocenters. The monoisotopic (exact) mass is 302 g/mol. The van der Waals surface area contributed by atoms with E-state index in [1.54, 1.807) is 5.38 Å². The van der Waals surface area contributed by atoms with Gasteiger partial charge in [0.05, 0.1) is 5.69 Å². The number of thiazole rings is 1. The Morgan fingerprint density at radius 2 is 2.26 bits per heavy atom. The Bertz CT molecular complexity index is 547. The Morgan fingerprint density at radius 1 is 1.53 bits per heavy atom. The van der Waals surface area contributed by atoms with E-state index in [0.29, 0.717) is 24.5 Å². The third-order valence-corrected chi connectivity index (χ3v) is 3.44. The van der Waals surface area contributed by atoms with E-state index in [9.17, 15) is 4.79 Å². The molecule has 0 bridgehead atoms. The van der Waals surface area contributed by atoms with Crippen LogP contribution in [0, 0.1) is 13.8 Å². The highest BCUT2D eigenvalue weighted by Crippen LogP contribution is 2.12. The molecular formula is C11H15ClN4O2S. The summed E-state index contributed by atoms with van der Waals surface area (Å²) in [5.74, 6) is 0.500. The zero-order valence-electron chi connectivity index (χ0n) is 10.6. The van der Waals surface area contributed by atoms with Crippen LogP contribution in [0.5, 0.6) is 0 Å². The average Bonchev–Trinajstić information content (AvgIpc) is 2.95. The maximum atomic E-state index is 11.8. The smallest absolute Gasteiger partial charge is 0.271 e. The third kappa shape index (κ3) is 3.52. The van der Waals surface area contributed by atoms with Crippen molar-refractivity contribution in [1.82, 2.24) is 15.5 Å². The van der Waals surface area contributed by atoms with Gasteiger partial charge in [0.15, 0.2) is 0 Å². The van der Waals surface area contributed by atoms with Crippen molar-refractivity contribution in [2.24, 2.45) is 5.73 Å². The number of nitrogens with two attached hydrogens (primary N) is 1. The van der Waals surface area contributed by atoms with Gasteiger partial charge in [0.2, 0.25) is 0 Å². The van der Waals surface area contributed by atoms with Crippen molar-refractivity contribution in [2.75, 3.05) is 0 Å². The summed E-state index contributed by atoms with van der Waals surface area (Å²) in [5, 5.41) is 9.06. The van der Waals surface area contributed by atoms with Crippen LogP contribution in [0.4, 0.5) is 0 Å². The molecule has 0 saturated carbocycles. The molecule has 2 rings (SSSR count). The maximum Gasteiger partial charge on any atom is 0.271 e. The summed E-state index contributed by atoms with van der Waals surface area (Å²) in [6.45, 7) is 4.39. The van der Waals surface area contributed by atoms with Gasteiger partial charge in [-0.3, -0.25) is 4.79 Å². The summed E-state index contributed by atoms with van der Waals surface area (Å²) in [5.41, 5.74) is 7.53. The zero-order chi connectivity index (χ0) is 13.1. The lowest BCUT2D eigenvalue weighted by Crippen LogP contribution is -2.23. The lowest BCUT2D eigenvalue weighted by atomic mass is 10.2. The van der Waals surface area contributed by atoms with Crippen molar-refractivity contribution in [3.63, 3.8) is 0 Å². The Kier molecular flexibility index (Phi) is 5.46. The minimum atomic E-state index is -0.217. The van der Waals surface area contributed by atoms with Crippen molar-refractivity contribution in [1.29, 1.82) is 0 Å². The number of carbonyl (C=O) groups excluding carboxylic acids is 1. The van der Waals surface area contributed by atoms with Crippen LogP contribution in [0.15, 0.2) is 9.90 Å². The molecule has 0 saturated heterocycles. The SMILES string of the molecule is Cc1noc(C)c1CNC(=O)c1csc(CN)n1.Cl. The predicted octanol–water partition coefficient (Wildman–Crippen LogP) is 1.56. The summed E-state index contributed by atoms with van der Waals surface area (Å²) in [6.07, 6.45) is 0. The topological polar surface area (TPSA) is 94.0 Å². The molecule has 6 nitrogen and oxygen atoms in total. The van der Waals surface area contributed by atoms with Crippen LogP contribution in [0.2, 0.25) is 0 Å². The first-order valence-electron chi connectivity index (χ1n) is 5.46. The molecule has 0 spiro atoms. The van der Waals surface area contributed by atoms with Crippen molar-refractivity contribution in [3.8, 4) is 0 Å². The molecule has 0 aliphatic heterocycles. The second-order valence-electron chi connectivity index (χ2n) is 3.82. The van der Waals surface area contributed by atoms with E-state index in [4.69, 9.17) is 10.3 Å². The standard InChI is InChI=1S/C11H14N4O2S.ClH/c1-6-8(7(2)17-15-6)4-13-11(16)9-5-18-10(3-12)14-9;/h5H,3-4,12H2,1-2H3,(H,13,16);1H. The van der Waals surface area contributed by atoms with Gasteiger partial charge in [-0.15, -0.1) is 23.7 Å². The molecule has 0 atom stereocenters. The lowest BCUT2D eigenvalue weighted by molar-refractivity contribution is 0.0946.